The molecule has 3 aromatic rings. The first-order valence-corrected chi connectivity index (χ1v) is 10.4. The molecule has 29 heavy (non-hydrogen) atoms. The number of likely N-dealkylation sites (tertiary alicyclic amines) is 1. The Labute approximate surface area is 177 Å². The largest absolute Gasteiger partial charge is 0.449 e. The fraction of sp³-hybridized carbons (Fsp3) is 0.261. The van der Waals surface area contributed by atoms with E-state index in [1.807, 2.05) is 42.5 Å². The first kappa shape index (κ1) is 19.6. The molecule has 0 bridgehead atoms. The number of hydrogen-bond acceptors (Lipinski definition) is 4. The third-order valence-corrected chi connectivity index (χ3v) is 6.12. The average molecular weight is 453 g/mol. The summed E-state index contributed by atoms with van der Waals surface area (Å²) in [5.74, 6) is -0.350. The molecule has 4 rings (SSSR count). The lowest BCUT2D eigenvalue weighted by atomic mass is 9.85. The van der Waals surface area contributed by atoms with Crippen LogP contribution in [0.4, 0.5) is 0 Å². The minimum atomic E-state index is -0.890. The summed E-state index contributed by atoms with van der Waals surface area (Å²) in [6.07, 6.45) is 2.76. The van der Waals surface area contributed by atoms with Gasteiger partial charge < -0.3 is 9.64 Å². The normalized spacial score (nSPS) is 15.9. The van der Waals surface area contributed by atoms with Crippen LogP contribution in [0.1, 0.15) is 35.8 Å². The zero-order chi connectivity index (χ0) is 20.4. The van der Waals surface area contributed by atoms with Crippen molar-refractivity contribution >= 4 is 38.6 Å². The van der Waals surface area contributed by atoms with Crippen LogP contribution < -0.4 is 0 Å². The van der Waals surface area contributed by atoms with E-state index in [0.717, 1.165) is 20.9 Å². The number of piperidine rings is 1. The number of aromatic nitrogens is 1. The van der Waals surface area contributed by atoms with Gasteiger partial charge in [0.15, 0.2) is 5.60 Å². The maximum atomic E-state index is 13.0. The number of benzene rings is 2. The number of halogens is 1. The lowest BCUT2D eigenvalue weighted by Crippen LogP contribution is -2.47. The van der Waals surface area contributed by atoms with Gasteiger partial charge in [-0.1, -0.05) is 42.5 Å². The smallest absolute Gasteiger partial charge is 0.339 e. The summed E-state index contributed by atoms with van der Waals surface area (Å²) in [6, 6.07) is 16.9. The molecule has 1 fully saturated rings. The number of esters is 1. The molecule has 0 N–H and O–H groups in total. The van der Waals surface area contributed by atoms with Crippen LogP contribution >= 0.6 is 15.9 Å². The van der Waals surface area contributed by atoms with Gasteiger partial charge >= 0.3 is 5.97 Å². The van der Waals surface area contributed by atoms with Crippen molar-refractivity contribution in [1.29, 1.82) is 0 Å². The molecule has 0 atom stereocenters. The predicted molar refractivity (Wildman–Crippen MR) is 114 cm³/mol. The Kier molecular flexibility index (Phi) is 5.37. The average Bonchev–Trinajstić information content (AvgIpc) is 2.75. The van der Waals surface area contributed by atoms with E-state index < -0.39 is 5.60 Å². The molecule has 0 saturated carbocycles. The summed E-state index contributed by atoms with van der Waals surface area (Å²) in [6.45, 7) is 2.60. The Balaban J connectivity index is 1.79. The van der Waals surface area contributed by atoms with Crippen LogP contribution in [0.2, 0.25) is 0 Å². The van der Waals surface area contributed by atoms with Crippen LogP contribution in [0, 0.1) is 0 Å². The minimum Gasteiger partial charge on any atom is -0.449 e. The Bertz CT molecular complexity index is 1060. The monoisotopic (exact) mass is 452 g/mol. The van der Waals surface area contributed by atoms with Crippen LogP contribution in [0.15, 0.2) is 65.3 Å². The van der Waals surface area contributed by atoms with Crippen molar-refractivity contribution < 1.29 is 14.3 Å². The number of nitrogens with zero attached hydrogens (tertiary/aromatic N) is 2. The molecule has 0 unspecified atom stereocenters. The van der Waals surface area contributed by atoms with Gasteiger partial charge in [0.25, 0.3) is 0 Å². The molecular formula is C23H21BrN2O3. The number of carbonyl (C=O) groups excluding carboxylic acids is 2. The van der Waals surface area contributed by atoms with Gasteiger partial charge in [-0.05, 0) is 33.4 Å². The summed E-state index contributed by atoms with van der Waals surface area (Å²) < 4.78 is 7.06. The van der Waals surface area contributed by atoms with Gasteiger partial charge in [0.05, 0.1) is 11.3 Å². The van der Waals surface area contributed by atoms with E-state index in [1.165, 1.54) is 0 Å². The van der Waals surface area contributed by atoms with E-state index in [1.54, 1.807) is 30.2 Å². The van der Waals surface area contributed by atoms with Crippen LogP contribution in [0.25, 0.3) is 10.8 Å². The topological polar surface area (TPSA) is 59.5 Å². The highest BCUT2D eigenvalue weighted by molar-refractivity contribution is 9.10. The molecule has 148 valence electrons. The quantitative estimate of drug-likeness (QED) is 0.540. The molecule has 0 aliphatic carbocycles. The molecule has 1 amide bonds. The number of fused-ring (bicyclic) bond motifs is 1. The van der Waals surface area contributed by atoms with Crippen molar-refractivity contribution in [3.8, 4) is 0 Å². The maximum Gasteiger partial charge on any atom is 0.339 e. The molecule has 1 aliphatic heterocycles. The van der Waals surface area contributed by atoms with E-state index >= 15 is 0 Å². The van der Waals surface area contributed by atoms with Gasteiger partial charge in [0.1, 0.15) is 0 Å². The molecule has 2 heterocycles. The summed E-state index contributed by atoms with van der Waals surface area (Å²) in [4.78, 5) is 31.3. The summed E-state index contributed by atoms with van der Waals surface area (Å²) in [5, 5.41) is 1.96. The number of pyridine rings is 1. The van der Waals surface area contributed by atoms with Crippen molar-refractivity contribution in [2.24, 2.45) is 0 Å². The van der Waals surface area contributed by atoms with Crippen molar-refractivity contribution in [1.82, 2.24) is 9.88 Å². The van der Waals surface area contributed by atoms with E-state index in [9.17, 15) is 9.59 Å². The molecule has 6 heteroatoms. The predicted octanol–water partition coefficient (Wildman–Crippen LogP) is 4.69. The van der Waals surface area contributed by atoms with Gasteiger partial charge in [-0.2, -0.15) is 0 Å². The molecule has 0 radical (unpaired) electrons. The van der Waals surface area contributed by atoms with Crippen molar-refractivity contribution in [3.63, 3.8) is 0 Å². The molecule has 1 aliphatic rings. The second-order valence-corrected chi connectivity index (χ2v) is 8.11. The highest BCUT2D eigenvalue weighted by Gasteiger charge is 2.43. The van der Waals surface area contributed by atoms with Gasteiger partial charge in [0.2, 0.25) is 5.91 Å². The van der Waals surface area contributed by atoms with E-state index in [0.29, 0.717) is 31.5 Å². The molecule has 1 saturated heterocycles. The highest BCUT2D eigenvalue weighted by atomic mass is 79.9. The minimum absolute atomic E-state index is 0.0293. The Hall–Kier alpha value is -2.73. The number of rotatable bonds is 3. The maximum absolute atomic E-state index is 13.0. The summed E-state index contributed by atoms with van der Waals surface area (Å²) in [7, 11) is 0. The van der Waals surface area contributed by atoms with Crippen LogP contribution in [-0.2, 0) is 15.1 Å². The molecule has 0 spiro atoms. The standard InChI is InChI=1S/C23H21BrN2O3/c1-16(27)26-13-11-23(12-14-26,29-22(28)17-7-3-2-4-8-17)21-19-10-6-5-9-18(19)20(24)15-25-21/h2-10,15H,11-14H2,1H3. The summed E-state index contributed by atoms with van der Waals surface area (Å²) >= 11 is 3.57. The molecule has 5 nitrogen and oxygen atoms in total. The fourth-order valence-corrected chi connectivity index (χ4v) is 4.35. The van der Waals surface area contributed by atoms with E-state index in [2.05, 4.69) is 15.9 Å². The van der Waals surface area contributed by atoms with Crippen LogP contribution in [0.3, 0.4) is 0 Å². The molecule has 2 aromatic carbocycles. The zero-order valence-corrected chi connectivity index (χ0v) is 17.7. The SMILES string of the molecule is CC(=O)N1CCC(OC(=O)c2ccccc2)(c2ncc(Br)c3ccccc23)CC1. The Morgan fingerprint density at radius 2 is 1.62 bits per heavy atom. The number of hydrogen-bond donors (Lipinski definition) is 0. The second-order valence-electron chi connectivity index (χ2n) is 7.26. The summed E-state index contributed by atoms with van der Waals surface area (Å²) in [5.41, 5.74) is 0.352. The fourth-order valence-electron chi connectivity index (χ4n) is 3.90. The Morgan fingerprint density at radius 3 is 2.28 bits per heavy atom. The lowest BCUT2D eigenvalue weighted by Gasteiger charge is -2.41. The van der Waals surface area contributed by atoms with E-state index in [4.69, 9.17) is 9.72 Å². The van der Waals surface area contributed by atoms with Crippen LogP contribution in [-0.4, -0.2) is 34.8 Å². The van der Waals surface area contributed by atoms with Crippen LogP contribution in [0.5, 0.6) is 0 Å². The van der Waals surface area contributed by atoms with Gasteiger partial charge in [-0.15, -0.1) is 0 Å². The van der Waals surface area contributed by atoms with Crippen molar-refractivity contribution in [3.05, 3.63) is 76.5 Å². The van der Waals surface area contributed by atoms with Gasteiger partial charge in [0, 0.05) is 48.9 Å². The van der Waals surface area contributed by atoms with E-state index in [-0.39, 0.29) is 11.9 Å². The van der Waals surface area contributed by atoms with Crippen molar-refractivity contribution in [2.45, 2.75) is 25.4 Å². The zero-order valence-electron chi connectivity index (χ0n) is 16.1. The van der Waals surface area contributed by atoms with Crippen molar-refractivity contribution in [2.75, 3.05) is 13.1 Å². The number of amides is 1. The first-order chi connectivity index (χ1) is 14.0. The third-order valence-electron chi connectivity index (χ3n) is 5.49. The second kappa shape index (κ2) is 7.95. The first-order valence-electron chi connectivity index (χ1n) is 9.58. The lowest BCUT2D eigenvalue weighted by molar-refractivity contribution is -0.133. The van der Waals surface area contributed by atoms with Gasteiger partial charge in [-0.3, -0.25) is 9.78 Å². The van der Waals surface area contributed by atoms with Gasteiger partial charge in [-0.25, -0.2) is 4.79 Å². The number of ether oxygens (including phenoxy) is 1. The molecular weight excluding hydrogens is 432 g/mol. The highest BCUT2D eigenvalue weighted by Crippen LogP contribution is 2.41. The molecule has 1 aromatic heterocycles. The Morgan fingerprint density at radius 1 is 1.00 bits per heavy atom. The third kappa shape index (κ3) is 3.77. The number of carbonyl (C=O) groups is 2.